The zero-order valence-electron chi connectivity index (χ0n) is 22.0. The normalized spacial score (nSPS) is 19.6. The topological polar surface area (TPSA) is 88.1 Å². The lowest BCUT2D eigenvalue weighted by Crippen LogP contribution is -2.40. The monoisotopic (exact) mass is 514 g/mol. The van der Waals surface area contributed by atoms with Crippen LogP contribution in [0.1, 0.15) is 62.2 Å². The molecule has 0 spiro atoms. The first-order valence-corrected chi connectivity index (χ1v) is 13.5. The number of amides is 1. The summed E-state index contributed by atoms with van der Waals surface area (Å²) < 4.78 is 11.0. The van der Waals surface area contributed by atoms with Crippen LogP contribution < -0.4 is 10.1 Å². The van der Waals surface area contributed by atoms with E-state index in [1.165, 1.54) is 17.8 Å². The van der Waals surface area contributed by atoms with Gasteiger partial charge in [0.05, 0.1) is 13.2 Å². The lowest BCUT2D eigenvalue weighted by molar-refractivity contribution is -0.139. The molecule has 2 heterocycles. The van der Waals surface area contributed by atoms with Gasteiger partial charge in [0.25, 0.3) is 5.91 Å². The number of nitrogens with zero attached hydrogens (tertiary/aromatic N) is 1. The van der Waals surface area contributed by atoms with Gasteiger partial charge in [-0.3, -0.25) is 4.79 Å². The molecular weight excluding hydrogens is 476 g/mol. The average molecular weight is 515 g/mol. The van der Waals surface area contributed by atoms with Gasteiger partial charge in [-0.05, 0) is 54.7 Å². The third-order valence-electron chi connectivity index (χ3n) is 6.97. The number of carbonyl (C=O) groups excluding carboxylic acids is 1. The molecule has 1 aliphatic carbocycles. The molecular formula is C28H38N2O5S. The SMILES string of the molecule is Cc1c(-c2cccc(NC3CC(C)(C)CC(C)(C)C3)c2)sc(C(=O)N2CCOCC2)c1OCC(=O)O. The molecule has 1 saturated carbocycles. The number of carboxylic acids is 1. The Bertz CT molecular complexity index is 1100. The van der Waals surface area contributed by atoms with Crippen LogP contribution in [0.5, 0.6) is 5.75 Å². The summed E-state index contributed by atoms with van der Waals surface area (Å²) in [5.74, 6) is -0.849. The number of aliphatic carboxylic acids is 1. The molecule has 196 valence electrons. The number of ether oxygens (including phenoxy) is 2. The molecule has 0 unspecified atom stereocenters. The number of nitrogens with one attached hydrogen (secondary N) is 1. The van der Waals surface area contributed by atoms with Crippen molar-refractivity contribution in [3.8, 4) is 16.2 Å². The summed E-state index contributed by atoms with van der Waals surface area (Å²) in [5.41, 5.74) is 3.39. The molecule has 36 heavy (non-hydrogen) atoms. The third kappa shape index (κ3) is 6.21. The Kier molecular flexibility index (Phi) is 7.67. The molecule has 0 atom stereocenters. The van der Waals surface area contributed by atoms with E-state index in [0.29, 0.717) is 43.0 Å². The van der Waals surface area contributed by atoms with Gasteiger partial charge in [0.2, 0.25) is 0 Å². The summed E-state index contributed by atoms with van der Waals surface area (Å²) >= 11 is 1.37. The van der Waals surface area contributed by atoms with E-state index in [1.807, 2.05) is 19.1 Å². The summed E-state index contributed by atoms with van der Waals surface area (Å²) in [5, 5.41) is 13.0. The van der Waals surface area contributed by atoms with Crippen LogP contribution in [0, 0.1) is 17.8 Å². The minimum atomic E-state index is -1.07. The largest absolute Gasteiger partial charge is 0.480 e. The van der Waals surface area contributed by atoms with Crippen LogP contribution in [-0.4, -0.2) is 60.8 Å². The molecule has 1 aliphatic heterocycles. The molecule has 2 N–H and O–H groups in total. The van der Waals surface area contributed by atoms with Crippen LogP contribution in [0.25, 0.3) is 10.4 Å². The van der Waals surface area contributed by atoms with Crippen molar-refractivity contribution in [2.45, 2.75) is 59.9 Å². The Morgan fingerprint density at radius 2 is 1.83 bits per heavy atom. The van der Waals surface area contributed by atoms with Crippen molar-refractivity contribution in [3.05, 3.63) is 34.7 Å². The summed E-state index contributed by atoms with van der Waals surface area (Å²) in [6.45, 7) is 12.8. The fourth-order valence-electron chi connectivity index (χ4n) is 6.07. The van der Waals surface area contributed by atoms with Crippen LogP contribution >= 0.6 is 11.3 Å². The molecule has 2 fully saturated rings. The van der Waals surface area contributed by atoms with Crippen molar-refractivity contribution in [1.82, 2.24) is 4.90 Å². The zero-order chi connectivity index (χ0) is 26.1. The highest BCUT2D eigenvalue weighted by Gasteiger charge is 2.38. The molecule has 1 aromatic heterocycles. The maximum Gasteiger partial charge on any atom is 0.341 e. The summed E-state index contributed by atoms with van der Waals surface area (Å²) in [4.78, 5) is 27.7. The maximum atomic E-state index is 13.4. The first-order valence-electron chi connectivity index (χ1n) is 12.7. The Balaban J connectivity index is 1.63. The van der Waals surface area contributed by atoms with Crippen LogP contribution in [0.15, 0.2) is 24.3 Å². The molecule has 1 saturated heterocycles. The van der Waals surface area contributed by atoms with E-state index in [4.69, 9.17) is 9.47 Å². The fraction of sp³-hybridized carbons (Fsp3) is 0.571. The van der Waals surface area contributed by atoms with E-state index in [9.17, 15) is 14.7 Å². The van der Waals surface area contributed by atoms with Crippen LogP contribution in [0.2, 0.25) is 0 Å². The van der Waals surface area contributed by atoms with Crippen molar-refractivity contribution in [2.75, 3.05) is 38.2 Å². The molecule has 4 rings (SSSR count). The molecule has 8 heteroatoms. The number of thiophene rings is 1. The third-order valence-corrected chi connectivity index (χ3v) is 8.28. The van der Waals surface area contributed by atoms with Crippen LogP contribution in [0.3, 0.4) is 0 Å². The highest BCUT2D eigenvalue weighted by molar-refractivity contribution is 7.18. The Morgan fingerprint density at radius 3 is 2.47 bits per heavy atom. The second-order valence-corrected chi connectivity index (χ2v) is 12.7. The summed E-state index contributed by atoms with van der Waals surface area (Å²) in [7, 11) is 0. The maximum absolute atomic E-state index is 13.4. The predicted octanol–water partition coefficient (Wildman–Crippen LogP) is 5.68. The van der Waals surface area contributed by atoms with Gasteiger partial charge in [-0.1, -0.05) is 39.8 Å². The highest BCUT2D eigenvalue weighted by atomic mass is 32.1. The summed E-state index contributed by atoms with van der Waals surface area (Å²) in [6.07, 6.45) is 3.44. The van der Waals surface area contributed by atoms with Crippen LogP contribution in [-0.2, 0) is 9.53 Å². The summed E-state index contributed by atoms with van der Waals surface area (Å²) in [6, 6.07) is 8.65. The number of benzene rings is 1. The number of hydrogen-bond acceptors (Lipinski definition) is 6. The first kappa shape index (κ1) is 26.5. The van der Waals surface area contributed by atoms with Crippen molar-refractivity contribution in [2.24, 2.45) is 10.8 Å². The predicted molar refractivity (Wildman–Crippen MR) is 143 cm³/mol. The fourth-order valence-corrected chi connectivity index (χ4v) is 7.28. The quantitative estimate of drug-likeness (QED) is 0.495. The number of rotatable bonds is 7. The number of hydrogen-bond donors (Lipinski definition) is 2. The van der Waals surface area contributed by atoms with Gasteiger partial charge >= 0.3 is 5.97 Å². The van der Waals surface area contributed by atoms with E-state index in [0.717, 1.165) is 34.5 Å². The smallest absolute Gasteiger partial charge is 0.341 e. The molecule has 2 aliphatic rings. The standard InChI is InChI=1S/C28H38N2O5S/c1-18-23(35-16-22(31)32)25(26(33)30-9-11-34-12-10-30)36-24(18)19-7-6-8-20(13-19)29-21-14-27(2,3)17-28(4,5)15-21/h6-8,13,21,29H,9-12,14-17H2,1-5H3,(H,31,32). The van der Waals surface area contributed by atoms with Gasteiger partial charge < -0.3 is 24.8 Å². The zero-order valence-corrected chi connectivity index (χ0v) is 22.8. The van der Waals surface area contributed by atoms with Crippen molar-refractivity contribution < 1.29 is 24.2 Å². The number of morpholine rings is 1. The lowest BCUT2D eigenvalue weighted by Gasteiger charge is -2.45. The van der Waals surface area contributed by atoms with Crippen molar-refractivity contribution >= 4 is 28.9 Å². The van der Waals surface area contributed by atoms with Gasteiger partial charge in [-0.25, -0.2) is 4.79 Å². The number of anilines is 1. The van der Waals surface area contributed by atoms with Gasteiger partial charge in [0.15, 0.2) is 6.61 Å². The second kappa shape index (κ2) is 10.4. The molecule has 0 radical (unpaired) electrons. The van der Waals surface area contributed by atoms with E-state index in [-0.39, 0.29) is 16.7 Å². The van der Waals surface area contributed by atoms with E-state index in [1.54, 1.807) is 4.90 Å². The first-order chi connectivity index (χ1) is 16.9. The van der Waals surface area contributed by atoms with Gasteiger partial charge in [0.1, 0.15) is 10.6 Å². The number of carboxylic acid groups (broad SMARTS) is 1. The molecule has 1 aromatic carbocycles. The van der Waals surface area contributed by atoms with Crippen LogP contribution in [0.4, 0.5) is 5.69 Å². The minimum absolute atomic E-state index is 0.140. The Morgan fingerprint density at radius 1 is 1.17 bits per heavy atom. The Hall–Kier alpha value is -2.58. The molecule has 7 nitrogen and oxygen atoms in total. The molecule has 0 bridgehead atoms. The van der Waals surface area contributed by atoms with Gasteiger partial charge in [0, 0.05) is 35.3 Å². The van der Waals surface area contributed by atoms with E-state index >= 15 is 0 Å². The Labute approximate surface area is 217 Å². The van der Waals surface area contributed by atoms with Gasteiger partial charge in [-0.15, -0.1) is 11.3 Å². The highest BCUT2D eigenvalue weighted by Crippen LogP contribution is 2.47. The van der Waals surface area contributed by atoms with Crippen molar-refractivity contribution in [1.29, 1.82) is 0 Å². The molecule has 2 aromatic rings. The molecule has 1 amide bonds. The average Bonchev–Trinajstić information content (AvgIpc) is 3.12. The van der Waals surface area contributed by atoms with Gasteiger partial charge in [-0.2, -0.15) is 0 Å². The second-order valence-electron chi connectivity index (χ2n) is 11.6. The number of carbonyl (C=O) groups is 2. The van der Waals surface area contributed by atoms with Crippen molar-refractivity contribution in [3.63, 3.8) is 0 Å². The van der Waals surface area contributed by atoms with E-state index < -0.39 is 12.6 Å². The van der Waals surface area contributed by atoms with E-state index in [2.05, 4.69) is 45.1 Å². The minimum Gasteiger partial charge on any atom is -0.480 e. The lowest BCUT2D eigenvalue weighted by atomic mass is 9.63.